The molecule has 0 unspecified atom stereocenters. The number of rotatable bonds is 4. The molecule has 129 valence electrons. The van der Waals surface area contributed by atoms with E-state index in [-0.39, 0.29) is 21.0 Å². The van der Waals surface area contributed by atoms with Gasteiger partial charge in [0.2, 0.25) is 0 Å². The molecule has 2 heterocycles. The molecule has 2 aromatic heterocycles. The molecule has 0 aliphatic rings. The van der Waals surface area contributed by atoms with Crippen molar-refractivity contribution in [2.24, 2.45) is 0 Å². The van der Waals surface area contributed by atoms with Crippen molar-refractivity contribution < 1.29 is 40.8 Å². The summed E-state index contributed by atoms with van der Waals surface area (Å²) in [6.07, 6.45) is 2.73. The molecule has 3 rings (SSSR count). The molecule has 0 bridgehead atoms. The first-order chi connectivity index (χ1) is 12.0. The number of aromatic carboxylic acids is 1. The number of carboxylic acids is 1. The molecule has 0 saturated carbocycles. The molecular formula is C17H9F3IrN2O2. The molecule has 0 spiro atoms. The standard InChI is InChI=1S/C11H5F3N.C6H4NO2.Ir/c12-8-5-4-7(10(13)11(8)14)9-3-1-2-6-15-9;8-6(9)5-3-1-2-4-7-5;/h1-3,5-6H;1-2,4H,(H,8,9);. The van der Waals surface area contributed by atoms with Crippen LogP contribution in [-0.4, -0.2) is 21.0 Å². The first-order valence-electron chi connectivity index (χ1n) is 6.86. The maximum atomic E-state index is 14.4. The van der Waals surface area contributed by atoms with Crippen molar-refractivity contribution in [3.8, 4) is 11.3 Å². The van der Waals surface area contributed by atoms with Gasteiger partial charge in [-0.2, -0.15) is 0 Å². The van der Waals surface area contributed by atoms with Crippen molar-refractivity contribution in [3.63, 3.8) is 0 Å². The average Bonchev–Trinajstić information content (AvgIpc) is 2.61. The molecular weight excluding hydrogens is 513 g/mol. The van der Waals surface area contributed by atoms with E-state index in [4.69, 9.17) is 0 Å². The van der Waals surface area contributed by atoms with Crippen LogP contribution < -0.4 is 8.15 Å². The van der Waals surface area contributed by atoms with Crippen LogP contribution >= 0.6 is 0 Å². The predicted molar refractivity (Wildman–Crippen MR) is 80.0 cm³/mol. The molecule has 0 aliphatic heterocycles. The Morgan fingerprint density at radius 3 is 2.40 bits per heavy atom. The monoisotopic (exact) mass is 523 g/mol. The van der Waals surface area contributed by atoms with Crippen molar-refractivity contribution in [2.75, 3.05) is 0 Å². The fourth-order valence-corrected chi connectivity index (χ4v) is 5.22. The molecule has 1 aromatic carbocycles. The summed E-state index contributed by atoms with van der Waals surface area (Å²) in [5.74, 6) is -5.47. The van der Waals surface area contributed by atoms with Crippen molar-refractivity contribution in [3.05, 3.63) is 71.9 Å². The van der Waals surface area contributed by atoms with Gasteiger partial charge in [-0.15, -0.1) is 0 Å². The van der Waals surface area contributed by atoms with Gasteiger partial charge in [0.15, 0.2) is 0 Å². The van der Waals surface area contributed by atoms with E-state index in [1.165, 1.54) is 24.5 Å². The van der Waals surface area contributed by atoms with E-state index in [9.17, 15) is 23.1 Å². The third kappa shape index (κ3) is 3.45. The van der Waals surface area contributed by atoms with Crippen LogP contribution in [0.25, 0.3) is 11.3 Å². The summed E-state index contributed by atoms with van der Waals surface area (Å²) in [5, 5.41) is 9.22. The van der Waals surface area contributed by atoms with Crippen molar-refractivity contribution in [1.29, 1.82) is 0 Å². The molecule has 4 nitrogen and oxygen atoms in total. The third-order valence-corrected chi connectivity index (χ3v) is 6.34. The van der Waals surface area contributed by atoms with E-state index >= 15 is 0 Å². The number of hydrogen-bond acceptors (Lipinski definition) is 3. The van der Waals surface area contributed by atoms with Gasteiger partial charge in [-0.25, -0.2) is 0 Å². The molecule has 0 radical (unpaired) electrons. The van der Waals surface area contributed by atoms with Crippen molar-refractivity contribution in [1.82, 2.24) is 9.97 Å². The van der Waals surface area contributed by atoms with Gasteiger partial charge in [0.05, 0.1) is 0 Å². The van der Waals surface area contributed by atoms with Crippen molar-refractivity contribution in [2.45, 2.75) is 0 Å². The molecule has 0 aliphatic carbocycles. The molecule has 0 fully saturated rings. The molecule has 8 heteroatoms. The van der Waals surface area contributed by atoms with Crippen LogP contribution in [0.3, 0.4) is 0 Å². The second-order valence-electron chi connectivity index (χ2n) is 4.73. The van der Waals surface area contributed by atoms with E-state index in [1.807, 2.05) is 0 Å². The third-order valence-electron chi connectivity index (χ3n) is 3.14. The summed E-state index contributed by atoms with van der Waals surface area (Å²) in [7, 11) is 0. The Balaban J connectivity index is 2.19. The van der Waals surface area contributed by atoms with Gasteiger partial charge in [-0.1, -0.05) is 0 Å². The number of carbonyl (C=O) groups is 1. The van der Waals surface area contributed by atoms with E-state index in [1.54, 1.807) is 18.2 Å². The van der Waals surface area contributed by atoms with Crippen LogP contribution in [0.5, 0.6) is 0 Å². The first-order valence-corrected chi connectivity index (χ1v) is 9.26. The number of benzene rings is 1. The van der Waals surface area contributed by atoms with Crippen LogP contribution in [0.1, 0.15) is 10.5 Å². The first kappa shape index (κ1) is 17.3. The fourth-order valence-electron chi connectivity index (χ4n) is 2.06. The maximum absolute atomic E-state index is 14.4. The Morgan fingerprint density at radius 1 is 0.960 bits per heavy atom. The van der Waals surface area contributed by atoms with Gasteiger partial charge in [0, 0.05) is 0 Å². The number of nitrogens with zero attached hydrogens (tertiary/aromatic N) is 2. The minimum absolute atomic E-state index is 0.151. The summed E-state index contributed by atoms with van der Waals surface area (Å²) >= 11 is -1.51. The Bertz CT molecular complexity index is 952. The van der Waals surface area contributed by atoms with Crippen LogP contribution in [-0.2, 0) is 17.7 Å². The topological polar surface area (TPSA) is 63.1 Å². The van der Waals surface area contributed by atoms with Gasteiger partial charge in [-0.05, 0) is 0 Å². The minimum atomic E-state index is -1.58. The summed E-state index contributed by atoms with van der Waals surface area (Å²) in [5.41, 5.74) is -0.183. The summed E-state index contributed by atoms with van der Waals surface area (Å²) < 4.78 is 42.5. The average molecular weight is 522 g/mol. The Morgan fingerprint density at radius 2 is 1.72 bits per heavy atom. The number of aromatic nitrogens is 2. The van der Waals surface area contributed by atoms with Gasteiger partial charge in [-0.3, -0.25) is 0 Å². The van der Waals surface area contributed by atoms with E-state index in [0.29, 0.717) is 4.08 Å². The number of pyridine rings is 2. The summed E-state index contributed by atoms with van der Waals surface area (Å²) in [6.45, 7) is 0. The van der Waals surface area contributed by atoms with Gasteiger partial charge in [0.25, 0.3) is 0 Å². The molecule has 1 N–H and O–H groups in total. The normalized spacial score (nSPS) is 10.8. The Labute approximate surface area is 148 Å². The van der Waals surface area contributed by atoms with Crippen molar-refractivity contribution >= 4 is 14.1 Å². The molecule has 0 saturated heterocycles. The Hall–Kier alpha value is -2.57. The number of halogens is 3. The summed E-state index contributed by atoms with van der Waals surface area (Å²) in [4.78, 5) is 19.1. The SMILES string of the molecule is O=C(O)c1nccc[c]1[Ir][c]1cc(F)c(F)c(F)c1-c1ccccn1. The quantitative estimate of drug-likeness (QED) is 0.535. The second kappa shape index (κ2) is 7.13. The van der Waals surface area contributed by atoms with Gasteiger partial charge < -0.3 is 0 Å². The zero-order valence-electron chi connectivity index (χ0n) is 12.3. The van der Waals surface area contributed by atoms with Crippen LogP contribution in [0, 0.1) is 17.5 Å². The van der Waals surface area contributed by atoms with Crippen LogP contribution in [0.4, 0.5) is 13.2 Å². The van der Waals surface area contributed by atoms with Gasteiger partial charge in [0.1, 0.15) is 0 Å². The van der Waals surface area contributed by atoms with E-state index in [0.717, 1.165) is 6.07 Å². The molecule has 0 atom stereocenters. The predicted octanol–water partition coefficient (Wildman–Crippen LogP) is 2.29. The molecule has 0 amide bonds. The Kier molecular flexibility index (Phi) is 4.92. The molecule has 25 heavy (non-hydrogen) atoms. The number of carboxylic acid groups (broad SMARTS) is 1. The zero-order chi connectivity index (χ0) is 18.0. The van der Waals surface area contributed by atoms with Crippen LogP contribution in [0.15, 0.2) is 48.8 Å². The summed E-state index contributed by atoms with van der Waals surface area (Å²) in [6, 6.07) is 8.67. The van der Waals surface area contributed by atoms with Crippen LogP contribution in [0.2, 0.25) is 0 Å². The zero-order valence-corrected chi connectivity index (χ0v) is 14.7. The number of hydrogen-bond donors (Lipinski definition) is 1. The fraction of sp³-hybridized carbons (Fsp3) is 0. The molecule has 3 aromatic rings. The van der Waals surface area contributed by atoms with E-state index < -0.39 is 41.1 Å². The second-order valence-corrected chi connectivity index (χ2v) is 7.91. The van der Waals surface area contributed by atoms with Gasteiger partial charge >= 0.3 is 148 Å². The van der Waals surface area contributed by atoms with E-state index in [2.05, 4.69) is 9.97 Å².